The molecule has 0 aromatic heterocycles. The van der Waals surface area contributed by atoms with Crippen LogP contribution in [0.1, 0.15) is 20.8 Å². The van der Waals surface area contributed by atoms with Gasteiger partial charge in [0.05, 0.1) is 5.69 Å². The van der Waals surface area contributed by atoms with E-state index in [0.717, 1.165) is 0 Å². The predicted octanol–water partition coefficient (Wildman–Crippen LogP) is 1.90. The molecule has 1 rings (SSSR count). The normalized spacial score (nSPS) is 10.4. The van der Waals surface area contributed by atoms with E-state index in [4.69, 9.17) is 10.5 Å². The number of hydrogen-bond donors (Lipinski definition) is 1. The molecule has 2 N–H and O–H groups in total. The van der Waals surface area contributed by atoms with Crippen LogP contribution in [0.25, 0.3) is 0 Å². The van der Waals surface area contributed by atoms with Crippen LogP contribution in [0.15, 0.2) is 24.3 Å². The zero-order valence-electron chi connectivity index (χ0n) is 10.6. The highest BCUT2D eigenvalue weighted by atomic mass is 16.5. The number of ether oxygens (including phenoxy) is 1. The van der Waals surface area contributed by atoms with Gasteiger partial charge in [-0.2, -0.15) is 0 Å². The van der Waals surface area contributed by atoms with Crippen molar-refractivity contribution in [2.24, 2.45) is 0 Å². The predicted molar refractivity (Wildman–Crippen MR) is 68.9 cm³/mol. The van der Waals surface area contributed by atoms with Crippen molar-refractivity contribution in [3.63, 3.8) is 0 Å². The molecule has 1 aromatic rings. The van der Waals surface area contributed by atoms with Gasteiger partial charge in [-0.15, -0.1) is 0 Å². The summed E-state index contributed by atoms with van der Waals surface area (Å²) in [6.45, 7) is 6.63. The summed E-state index contributed by atoms with van der Waals surface area (Å²) in [5.74, 6) is 0.534. The highest BCUT2D eigenvalue weighted by Gasteiger charge is 2.15. The number of rotatable bonds is 5. The van der Waals surface area contributed by atoms with Gasteiger partial charge in [-0.1, -0.05) is 12.1 Å². The van der Waals surface area contributed by atoms with Crippen molar-refractivity contribution in [1.29, 1.82) is 0 Å². The largest absolute Gasteiger partial charge is 0.482 e. The Morgan fingerprint density at radius 3 is 2.59 bits per heavy atom. The van der Waals surface area contributed by atoms with Crippen LogP contribution in [0.5, 0.6) is 5.75 Å². The highest BCUT2D eigenvalue weighted by molar-refractivity contribution is 5.78. The second-order valence-corrected chi connectivity index (χ2v) is 4.10. The molecule has 94 valence electrons. The van der Waals surface area contributed by atoms with Gasteiger partial charge >= 0.3 is 0 Å². The quantitative estimate of drug-likeness (QED) is 0.794. The van der Waals surface area contributed by atoms with Crippen molar-refractivity contribution < 1.29 is 9.53 Å². The second kappa shape index (κ2) is 6.13. The van der Waals surface area contributed by atoms with E-state index in [1.54, 1.807) is 17.0 Å². The number of nitrogen functional groups attached to an aromatic ring is 1. The first kappa shape index (κ1) is 13.4. The number of nitrogens with zero attached hydrogens (tertiary/aromatic N) is 1. The van der Waals surface area contributed by atoms with Crippen LogP contribution in [0.4, 0.5) is 5.69 Å². The smallest absolute Gasteiger partial charge is 0.260 e. The van der Waals surface area contributed by atoms with E-state index < -0.39 is 0 Å². The average Bonchev–Trinajstić information content (AvgIpc) is 2.28. The molecule has 0 saturated heterocycles. The molecular weight excluding hydrogens is 216 g/mol. The van der Waals surface area contributed by atoms with Crippen molar-refractivity contribution in [3.8, 4) is 5.75 Å². The minimum atomic E-state index is -0.0225. The zero-order chi connectivity index (χ0) is 12.8. The van der Waals surface area contributed by atoms with Crippen LogP contribution in [-0.4, -0.2) is 30.0 Å². The lowest BCUT2D eigenvalue weighted by molar-refractivity contribution is -0.134. The first-order valence-corrected chi connectivity index (χ1v) is 5.83. The summed E-state index contributed by atoms with van der Waals surface area (Å²) in [5.41, 5.74) is 6.27. The fraction of sp³-hybridized carbons (Fsp3) is 0.462. The van der Waals surface area contributed by atoms with Crippen LogP contribution in [0, 0.1) is 0 Å². The van der Waals surface area contributed by atoms with Gasteiger partial charge in [0.15, 0.2) is 6.61 Å². The molecule has 0 unspecified atom stereocenters. The second-order valence-electron chi connectivity index (χ2n) is 4.10. The number of nitrogens with two attached hydrogens (primary N) is 1. The van der Waals surface area contributed by atoms with Crippen LogP contribution >= 0.6 is 0 Å². The van der Waals surface area contributed by atoms with E-state index in [1.807, 2.05) is 32.9 Å². The summed E-state index contributed by atoms with van der Waals surface area (Å²) >= 11 is 0. The van der Waals surface area contributed by atoms with Gasteiger partial charge in [0.2, 0.25) is 0 Å². The van der Waals surface area contributed by atoms with Gasteiger partial charge in [0.25, 0.3) is 5.91 Å². The summed E-state index contributed by atoms with van der Waals surface area (Å²) in [6.07, 6.45) is 0. The van der Waals surface area contributed by atoms with Gasteiger partial charge < -0.3 is 15.4 Å². The van der Waals surface area contributed by atoms with E-state index in [2.05, 4.69) is 0 Å². The number of amides is 1. The standard InChI is InChI=1S/C13H20N2O2/c1-4-15(10(2)3)13(16)9-17-12-8-6-5-7-11(12)14/h5-8,10H,4,9,14H2,1-3H3. The lowest BCUT2D eigenvalue weighted by atomic mass is 10.3. The SMILES string of the molecule is CCN(C(=O)COc1ccccc1N)C(C)C. The van der Waals surface area contributed by atoms with Gasteiger partial charge in [0, 0.05) is 12.6 Å². The molecule has 0 aliphatic heterocycles. The number of hydrogen-bond acceptors (Lipinski definition) is 3. The minimum absolute atomic E-state index is 0.0225. The van der Waals surface area contributed by atoms with E-state index in [0.29, 0.717) is 18.0 Å². The van der Waals surface area contributed by atoms with E-state index in [-0.39, 0.29) is 18.6 Å². The fourth-order valence-electron chi connectivity index (χ4n) is 1.66. The van der Waals surface area contributed by atoms with Gasteiger partial charge in [0.1, 0.15) is 5.75 Å². The maximum absolute atomic E-state index is 11.9. The summed E-state index contributed by atoms with van der Waals surface area (Å²) in [7, 11) is 0. The van der Waals surface area contributed by atoms with Crippen molar-refractivity contribution in [2.45, 2.75) is 26.8 Å². The van der Waals surface area contributed by atoms with Crippen LogP contribution in [-0.2, 0) is 4.79 Å². The maximum atomic E-state index is 11.9. The van der Waals surface area contributed by atoms with Gasteiger partial charge in [-0.25, -0.2) is 0 Å². The zero-order valence-corrected chi connectivity index (χ0v) is 10.6. The molecule has 4 nitrogen and oxygen atoms in total. The number of carbonyl (C=O) groups is 1. The molecule has 0 radical (unpaired) electrons. The molecule has 1 aromatic carbocycles. The third kappa shape index (κ3) is 3.66. The maximum Gasteiger partial charge on any atom is 0.260 e. The van der Waals surface area contributed by atoms with E-state index >= 15 is 0 Å². The van der Waals surface area contributed by atoms with Crippen LogP contribution < -0.4 is 10.5 Å². The van der Waals surface area contributed by atoms with Crippen molar-refractivity contribution in [1.82, 2.24) is 4.90 Å². The molecule has 0 bridgehead atoms. The van der Waals surface area contributed by atoms with Crippen LogP contribution in [0.3, 0.4) is 0 Å². The lowest BCUT2D eigenvalue weighted by Gasteiger charge is -2.25. The Labute approximate surface area is 102 Å². The molecular formula is C13H20N2O2. The number of para-hydroxylation sites is 2. The molecule has 0 fully saturated rings. The Balaban J connectivity index is 2.56. The van der Waals surface area contributed by atoms with Crippen LogP contribution in [0.2, 0.25) is 0 Å². The minimum Gasteiger partial charge on any atom is -0.482 e. The van der Waals surface area contributed by atoms with Gasteiger partial charge in [-0.05, 0) is 32.9 Å². The molecule has 0 saturated carbocycles. The Hall–Kier alpha value is -1.71. The fourth-order valence-corrected chi connectivity index (χ4v) is 1.66. The summed E-state index contributed by atoms with van der Waals surface area (Å²) in [6, 6.07) is 7.35. The molecule has 4 heteroatoms. The summed E-state index contributed by atoms with van der Waals surface area (Å²) in [4.78, 5) is 13.6. The Morgan fingerprint density at radius 2 is 2.06 bits per heavy atom. The molecule has 0 atom stereocenters. The van der Waals surface area contributed by atoms with E-state index in [9.17, 15) is 4.79 Å². The molecule has 17 heavy (non-hydrogen) atoms. The number of carbonyl (C=O) groups excluding carboxylic acids is 1. The highest BCUT2D eigenvalue weighted by Crippen LogP contribution is 2.19. The van der Waals surface area contributed by atoms with Crippen molar-refractivity contribution in [2.75, 3.05) is 18.9 Å². The van der Waals surface area contributed by atoms with Gasteiger partial charge in [-0.3, -0.25) is 4.79 Å². The third-order valence-corrected chi connectivity index (χ3v) is 2.55. The average molecular weight is 236 g/mol. The van der Waals surface area contributed by atoms with E-state index in [1.165, 1.54) is 0 Å². The molecule has 0 aliphatic carbocycles. The summed E-state index contributed by atoms with van der Waals surface area (Å²) in [5, 5.41) is 0. The Bertz CT molecular complexity index is 377. The Kier molecular flexibility index (Phi) is 4.82. The Morgan fingerprint density at radius 1 is 1.41 bits per heavy atom. The molecule has 0 heterocycles. The molecule has 0 spiro atoms. The number of anilines is 1. The third-order valence-electron chi connectivity index (χ3n) is 2.55. The topological polar surface area (TPSA) is 55.6 Å². The number of likely N-dealkylation sites (N-methyl/N-ethyl adjacent to an activating group) is 1. The van der Waals surface area contributed by atoms with Crippen molar-refractivity contribution >= 4 is 11.6 Å². The monoisotopic (exact) mass is 236 g/mol. The molecule has 1 amide bonds. The number of benzene rings is 1. The first-order valence-electron chi connectivity index (χ1n) is 5.83. The summed E-state index contributed by atoms with van der Waals surface area (Å²) < 4.78 is 5.42. The first-order chi connectivity index (χ1) is 8.06. The van der Waals surface area contributed by atoms with Crippen molar-refractivity contribution in [3.05, 3.63) is 24.3 Å². The lowest BCUT2D eigenvalue weighted by Crippen LogP contribution is -2.39. The molecule has 0 aliphatic rings.